The molecule has 1 aliphatic heterocycles. The summed E-state index contributed by atoms with van der Waals surface area (Å²) in [4.78, 5) is 8.87. The third-order valence-corrected chi connectivity index (χ3v) is 3.69. The molecule has 0 unspecified atom stereocenters. The highest BCUT2D eigenvalue weighted by Crippen LogP contribution is 2.23. The number of aromatic nitrogens is 4. The van der Waals surface area contributed by atoms with Crippen molar-refractivity contribution >= 4 is 17.4 Å². The number of nitrogens with two attached hydrogens (primary N) is 1. The van der Waals surface area contributed by atoms with Crippen molar-refractivity contribution in [1.82, 2.24) is 19.6 Å². The normalized spacial score (nSPS) is 13.8. The average molecular weight is 321 g/mol. The van der Waals surface area contributed by atoms with Gasteiger partial charge in [0.25, 0.3) is 0 Å². The van der Waals surface area contributed by atoms with Gasteiger partial charge in [0.15, 0.2) is 11.4 Å². The fourth-order valence-electron chi connectivity index (χ4n) is 2.53. The minimum Gasteiger partial charge on any atom is -0.485 e. The number of nitrogens with zero attached hydrogens (tertiary/aromatic N) is 4. The van der Waals surface area contributed by atoms with Crippen molar-refractivity contribution in [2.24, 2.45) is 0 Å². The van der Waals surface area contributed by atoms with Crippen molar-refractivity contribution in [3.05, 3.63) is 59.9 Å². The molecule has 7 heteroatoms. The lowest BCUT2D eigenvalue weighted by Gasteiger charge is -2.06. The van der Waals surface area contributed by atoms with Crippen molar-refractivity contribution in [1.29, 1.82) is 0 Å². The summed E-state index contributed by atoms with van der Waals surface area (Å²) in [5.74, 6) is 1.31. The summed E-state index contributed by atoms with van der Waals surface area (Å²) >= 11 is 0. The van der Waals surface area contributed by atoms with Crippen molar-refractivity contribution in [2.45, 2.75) is 6.61 Å². The molecule has 3 heterocycles. The molecule has 0 fully saturated rings. The van der Waals surface area contributed by atoms with E-state index in [0.29, 0.717) is 29.5 Å². The summed E-state index contributed by atoms with van der Waals surface area (Å²) in [6.07, 6.45) is 5.62. The van der Waals surface area contributed by atoms with Crippen LogP contribution in [0, 0.1) is 0 Å². The van der Waals surface area contributed by atoms with Crippen LogP contribution in [-0.4, -0.2) is 31.3 Å². The van der Waals surface area contributed by atoms with Crippen LogP contribution in [0.15, 0.2) is 48.6 Å². The van der Waals surface area contributed by atoms with E-state index in [4.69, 9.17) is 10.5 Å². The number of nitrogen functional groups attached to an aromatic ring is 1. The monoisotopic (exact) mass is 321 g/mol. The molecule has 24 heavy (non-hydrogen) atoms. The minimum absolute atomic E-state index is 0.0281. The zero-order valence-electron chi connectivity index (χ0n) is 12.8. The number of benzene rings is 1. The maximum atomic E-state index is 9.29. The molecule has 3 aromatic rings. The third-order valence-electron chi connectivity index (χ3n) is 3.69. The summed E-state index contributed by atoms with van der Waals surface area (Å²) in [6.45, 7) is 0.466. The molecule has 4 rings (SSSR count). The predicted molar refractivity (Wildman–Crippen MR) is 89.6 cm³/mol. The molecule has 1 aromatic carbocycles. The highest BCUT2D eigenvalue weighted by Gasteiger charge is 2.15. The van der Waals surface area contributed by atoms with Crippen LogP contribution in [0.5, 0.6) is 0 Å². The van der Waals surface area contributed by atoms with Crippen LogP contribution in [0.1, 0.15) is 11.4 Å². The Hall–Kier alpha value is -3.19. The lowest BCUT2D eigenvalue weighted by Crippen LogP contribution is -2.03. The SMILES string of the molecule is Nc1nc(-c2cccc(CO)c2)cc2nc(C3=CC=CCO3)nn12. The fraction of sp³-hybridized carbons (Fsp3) is 0.118. The van der Waals surface area contributed by atoms with Gasteiger partial charge in [0.2, 0.25) is 11.8 Å². The van der Waals surface area contributed by atoms with Gasteiger partial charge in [-0.2, -0.15) is 4.52 Å². The van der Waals surface area contributed by atoms with Gasteiger partial charge >= 0.3 is 0 Å². The number of fused-ring (bicyclic) bond motifs is 1. The number of ether oxygens (including phenoxy) is 1. The second-order valence-corrected chi connectivity index (χ2v) is 5.33. The number of hydrogen-bond acceptors (Lipinski definition) is 6. The molecule has 1 aliphatic rings. The fourth-order valence-corrected chi connectivity index (χ4v) is 2.53. The first-order chi connectivity index (χ1) is 11.7. The lowest BCUT2D eigenvalue weighted by molar-refractivity contribution is 0.282. The van der Waals surface area contributed by atoms with Gasteiger partial charge in [-0.25, -0.2) is 9.97 Å². The Labute approximate surface area is 137 Å². The highest BCUT2D eigenvalue weighted by atomic mass is 16.5. The maximum Gasteiger partial charge on any atom is 0.223 e. The minimum atomic E-state index is -0.0281. The van der Waals surface area contributed by atoms with Gasteiger partial charge in [-0.3, -0.25) is 0 Å². The van der Waals surface area contributed by atoms with Crippen molar-refractivity contribution in [2.75, 3.05) is 12.3 Å². The number of aliphatic hydroxyl groups excluding tert-OH is 1. The molecule has 0 amide bonds. The van der Waals surface area contributed by atoms with Crippen LogP contribution >= 0.6 is 0 Å². The van der Waals surface area contributed by atoms with E-state index >= 15 is 0 Å². The van der Waals surface area contributed by atoms with E-state index in [0.717, 1.165) is 11.1 Å². The van der Waals surface area contributed by atoms with Gasteiger partial charge in [0.05, 0.1) is 12.3 Å². The quantitative estimate of drug-likeness (QED) is 0.763. The molecule has 2 aromatic heterocycles. The summed E-state index contributed by atoms with van der Waals surface area (Å²) < 4.78 is 7.01. The summed E-state index contributed by atoms with van der Waals surface area (Å²) in [7, 11) is 0. The van der Waals surface area contributed by atoms with Crippen LogP contribution in [0.3, 0.4) is 0 Å². The first-order valence-electron chi connectivity index (χ1n) is 7.48. The van der Waals surface area contributed by atoms with Gasteiger partial charge in [-0.05, 0) is 23.8 Å². The van der Waals surface area contributed by atoms with E-state index in [2.05, 4.69) is 15.1 Å². The average Bonchev–Trinajstić information content (AvgIpc) is 3.07. The van der Waals surface area contributed by atoms with E-state index in [9.17, 15) is 5.11 Å². The van der Waals surface area contributed by atoms with Crippen molar-refractivity contribution < 1.29 is 9.84 Å². The smallest absolute Gasteiger partial charge is 0.223 e. The van der Waals surface area contributed by atoms with Crippen LogP contribution in [-0.2, 0) is 11.3 Å². The second-order valence-electron chi connectivity index (χ2n) is 5.33. The Kier molecular flexibility index (Phi) is 3.47. The number of hydrogen-bond donors (Lipinski definition) is 2. The molecule has 0 radical (unpaired) electrons. The number of allylic oxidation sites excluding steroid dienone is 2. The van der Waals surface area contributed by atoms with E-state index in [-0.39, 0.29) is 12.6 Å². The Morgan fingerprint density at radius 3 is 2.96 bits per heavy atom. The molecule has 0 atom stereocenters. The van der Waals surface area contributed by atoms with Gasteiger partial charge in [0, 0.05) is 11.6 Å². The highest BCUT2D eigenvalue weighted by molar-refractivity contribution is 5.67. The Morgan fingerprint density at radius 2 is 2.17 bits per heavy atom. The van der Waals surface area contributed by atoms with Crippen LogP contribution in [0.2, 0.25) is 0 Å². The molecule has 7 nitrogen and oxygen atoms in total. The number of rotatable bonds is 3. The van der Waals surface area contributed by atoms with E-state index in [1.165, 1.54) is 4.52 Å². The van der Waals surface area contributed by atoms with Gasteiger partial charge in [0.1, 0.15) is 6.61 Å². The van der Waals surface area contributed by atoms with E-state index < -0.39 is 0 Å². The third kappa shape index (κ3) is 2.50. The number of aliphatic hydroxyl groups is 1. The van der Waals surface area contributed by atoms with Gasteiger partial charge in [-0.15, -0.1) is 5.10 Å². The molecule has 0 saturated carbocycles. The van der Waals surface area contributed by atoms with Crippen LogP contribution in [0.4, 0.5) is 5.95 Å². The molecular formula is C17H15N5O2. The largest absolute Gasteiger partial charge is 0.485 e. The molecule has 0 bridgehead atoms. The molecular weight excluding hydrogens is 306 g/mol. The Morgan fingerprint density at radius 1 is 1.25 bits per heavy atom. The molecule has 120 valence electrons. The molecule has 0 aliphatic carbocycles. The zero-order chi connectivity index (χ0) is 16.5. The van der Waals surface area contributed by atoms with Crippen molar-refractivity contribution in [3.63, 3.8) is 0 Å². The molecule has 0 saturated heterocycles. The van der Waals surface area contributed by atoms with Crippen LogP contribution < -0.4 is 5.73 Å². The maximum absolute atomic E-state index is 9.29. The molecule has 0 spiro atoms. The summed E-state index contributed by atoms with van der Waals surface area (Å²) in [6, 6.07) is 9.30. The van der Waals surface area contributed by atoms with Gasteiger partial charge in [-0.1, -0.05) is 24.3 Å². The Bertz CT molecular complexity index is 974. The zero-order valence-corrected chi connectivity index (χ0v) is 12.8. The topological polar surface area (TPSA) is 98.6 Å². The summed E-state index contributed by atoms with van der Waals surface area (Å²) in [5, 5.41) is 13.6. The van der Waals surface area contributed by atoms with Gasteiger partial charge < -0.3 is 15.6 Å². The Balaban J connectivity index is 1.81. The second kappa shape index (κ2) is 5.78. The predicted octanol–water partition coefficient (Wildman–Crippen LogP) is 1.79. The van der Waals surface area contributed by atoms with Crippen molar-refractivity contribution in [3.8, 4) is 11.3 Å². The van der Waals surface area contributed by atoms with E-state index in [1.54, 1.807) is 0 Å². The number of anilines is 1. The van der Waals surface area contributed by atoms with Crippen LogP contribution in [0.25, 0.3) is 22.7 Å². The van der Waals surface area contributed by atoms with E-state index in [1.807, 2.05) is 48.6 Å². The first kappa shape index (κ1) is 14.4. The molecule has 3 N–H and O–H groups in total. The standard InChI is InChI=1S/C17H15N5O2/c18-17-19-13(12-5-3-4-11(8-12)10-23)9-15-20-16(21-22(15)17)14-6-1-2-7-24-14/h1-6,8-9,23H,7,10H2,(H2,18,19). The lowest BCUT2D eigenvalue weighted by atomic mass is 10.1. The summed E-state index contributed by atoms with van der Waals surface area (Å²) in [5.41, 5.74) is 8.96. The first-order valence-corrected chi connectivity index (χ1v) is 7.48.